The van der Waals surface area contributed by atoms with E-state index in [1.807, 2.05) is 0 Å². The van der Waals surface area contributed by atoms with Gasteiger partial charge in [-0.1, -0.05) is 129 Å². The van der Waals surface area contributed by atoms with E-state index < -0.39 is 0 Å². The number of aromatic nitrogens is 1. The SMILES string of the molecule is CCCCCCCCCCCCCCCCCCC[n+]1ccc(CCCCCC)cc1. The molecule has 1 aromatic rings. The van der Waals surface area contributed by atoms with Crippen molar-refractivity contribution in [2.45, 2.75) is 162 Å². The number of unbranched alkanes of at least 4 members (excludes halogenated alkanes) is 19. The molecule has 31 heavy (non-hydrogen) atoms. The van der Waals surface area contributed by atoms with Crippen molar-refractivity contribution in [3.05, 3.63) is 30.1 Å². The van der Waals surface area contributed by atoms with Crippen molar-refractivity contribution in [3.63, 3.8) is 0 Å². The third kappa shape index (κ3) is 18.4. The standard InChI is InChI=1S/C30H56N/c1-3-5-7-9-10-11-12-13-14-15-16-17-18-19-20-21-23-27-31-28-25-30(26-29-31)24-22-8-6-4-2/h25-26,28-29H,3-24,27H2,1-2H3/q+1. The van der Waals surface area contributed by atoms with Gasteiger partial charge >= 0.3 is 0 Å². The fourth-order valence-corrected chi connectivity index (χ4v) is 4.58. The van der Waals surface area contributed by atoms with Crippen LogP contribution in [0.1, 0.15) is 154 Å². The lowest BCUT2D eigenvalue weighted by atomic mass is 10.0. The van der Waals surface area contributed by atoms with Crippen LogP contribution < -0.4 is 4.57 Å². The monoisotopic (exact) mass is 430 g/mol. The summed E-state index contributed by atoms with van der Waals surface area (Å²) in [5.41, 5.74) is 1.51. The van der Waals surface area contributed by atoms with Crippen LogP contribution in [0.15, 0.2) is 24.5 Å². The van der Waals surface area contributed by atoms with Crippen LogP contribution in [0.5, 0.6) is 0 Å². The average Bonchev–Trinajstić information content (AvgIpc) is 2.79. The summed E-state index contributed by atoms with van der Waals surface area (Å²) in [6.07, 6.45) is 35.8. The van der Waals surface area contributed by atoms with Crippen LogP contribution in [0.25, 0.3) is 0 Å². The first kappa shape index (κ1) is 28.2. The Balaban J connectivity index is 1.81. The van der Waals surface area contributed by atoms with Crippen molar-refractivity contribution < 1.29 is 4.57 Å². The second-order valence-corrected chi connectivity index (χ2v) is 9.91. The molecule has 0 aliphatic rings. The maximum absolute atomic E-state index is 2.38. The summed E-state index contributed by atoms with van der Waals surface area (Å²) < 4.78 is 2.38. The highest BCUT2D eigenvalue weighted by molar-refractivity contribution is 5.07. The minimum absolute atomic E-state index is 1.19. The van der Waals surface area contributed by atoms with Crippen LogP contribution in [0.4, 0.5) is 0 Å². The lowest BCUT2D eigenvalue weighted by molar-refractivity contribution is -0.697. The van der Waals surface area contributed by atoms with Crippen LogP contribution in [-0.4, -0.2) is 0 Å². The predicted octanol–water partition coefficient (Wildman–Crippen LogP) is 9.75. The molecule has 0 aliphatic heterocycles. The molecule has 0 radical (unpaired) electrons. The third-order valence-corrected chi connectivity index (χ3v) is 6.80. The summed E-state index contributed by atoms with van der Waals surface area (Å²) >= 11 is 0. The van der Waals surface area contributed by atoms with E-state index in [0.717, 1.165) is 0 Å². The first-order chi connectivity index (χ1) is 15.4. The lowest BCUT2D eigenvalue weighted by Crippen LogP contribution is -2.32. The van der Waals surface area contributed by atoms with Gasteiger partial charge in [-0.05, 0) is 24.8 Å². The molecule has 1 heteroatoms. The molecule has 0 unspecified atom stereocenters. The molecule has 1 aromatic heterocycles. The molecule has 0 saturated heterocycles. The Bertz CT molecular complexity index is 464. The van der Waals surface area contributed by atoms with Crippen molar-refractivity contribution in [2.24, 2.45) is 0 Å². The molecule has 0 N–H and O–H groups in total. The fourth-order valence-electron chi connectivity index (χ4n) is 4.58. The molecule has 0 amide bonds. The summed E-state index contributed by atoms with van der Waals surface area (Å²) in [5, 5.41) is 0. The minimum atomic E-state index is 1.19. The van der Waals surface area contributed by atoms with E-state index in [2.05, 4.69) is 42.9 Å². The van der Waals surface area contributed by atoms with Gasteiger partial charge in [0.05, 0.1) is 0 Å². The van der Waals surface area contributed by atoms with Crippen LogP contribution >= 0.6 is 0 Å². The van der Waals surface area contributed by atoms with Crippen molar-refractivity contribution in [3.8, 4) is 0 Å². The first-order valence-corrected chi connectivity index (χ1v) is 14.3. The van der Waals surface area contributed by atoms with E-state index in [9.17, 15) is 0 Å². The van der Waals surface area contributed by atoms with Gasteiger partial charge in [0.1, 0.15) is 6.54 Å². The molecule has 0 aliphatic carbocycles. The van der Waals surface area contributed by atoms with Gasteiger partial charge in [0.2, 0.25) is 0 Å². The van der Waals surface area contributed by atoms with Crippen molar-refractivity contribution in [1.29, 1.82) is 0 Å². The highest BCUT2D eigenvalue weighted by atomic mass is 14.9. The second-order valence-electron chi connectivity index (χ2n) is 9.91. The lowest BCUT2D eigenvalue weighted by Gasteiger charge is -2.04. The van der Waals surface area contributed by atoms with Gasteiger partial charge < -0.3 is 0 Å². The number of rotatable bonds is 23. The molecule has 0 saturated carbocycles. The highest BCUT2D eigenvalue weighted by Gasteiger charge is 2.01. The van der Waals surface area contributed by atoms with E-state index in [-0.39, 0.29) is 0 Å². The molecule has 0 spiro atoms. The summed E-state index contributed by atoms with van der Waals surface area (Å²) in [4.78, 5) is 0. The quantitative estimate of drug-likeness (QED) is 0.120. The molecule has 0 bridgehead atoms. The third-order valence-electron chi connectivity index (χ3n) is 6.80. The Labute approximate surface area is 196 Å². The van der Waals surface area contributed by atoms with E-state index in [1.165, 1.54) is 153 Å². The van der Waals surface area contributed by atoms with E-state index in [0.29, 0.717) is 0 Å². The second kappa shape index (κ2) is 22.3. The maximum atomic E-state index is 2.38. The predicted molar refractivity (Wildman–Crippen MR) is 139 cm³/mol. The van der Waals surface area contributed by atoms with E-state index >= 15 is 0 Å². The summed E-state index contributed by atoms with van der Waals surface area (Å²) in [6.45, 7) is 5.77. The molecule has 1 nitrogen and oxygen atoms in total. The van der Waals surface area contributed by atoms with Gasteiger partial charge in [0.15, 0.2) is 12.4 Å². The zero-order chi connectivity index (χ0) is 22.2. The summed E-state index contributed by atoms with van der Waals surface area (Å²) in [5.74, 6) is 0. The van der Waals surface area contributed by atoms with Gasteiger partial charge in [-0.2, -0.15) is 0 Å². The van der Waals surface area contributed by atoms with Gasteiger partial charge in [0, 0.05) is 18.6 Å². The molecule has 180 valence electrons. The van der Waals surface area contributed by atoms with Gasteiger partial charge in [-0.25, -0.2) is 4.57 Å². The Morgan fingerprint density at radius 2 is 0.806 bits per heavy atom. The Kier molecular flexibility index (Phi) is 20.3. The Morgan fingerprint density at radius 1 is 0.452 bits per heavy atom. The number of nitrogens with zero attached hydrogens (tertiary/aromatic N) is 1. The van der Waals surface area contributed by atoms with Crippen molar-refractivity contribution >= 4 is 0 Å². The Morgan fingerprint density at radius 3 is 1.23 bits per heavy atom. The summed E-state index contributed by atoms with van der Waals surface area (Å²) in [6, 6.07) is 4.67. The molecule has 0 aromatic carbocycles. The van der Waals surface area contributed by atoms with Gasteiger partial charge in [-0.15, -0.1) is 0 Å². The smallest absolute Gasteiger partial charge is 0.169 e. The zero-order valence-electron chi connectivity index (χ0n) is 21.5. The zero-order valence-corrected chi connectivity index (χ0v) is 21.5. The normalized spacial score (nSPS) is 11.3. The fraction of sp³-hybridized carbons (Fsp3) is 0.833. The molecule has 0 fully saturated rings. The van der Waals surface area contributed by atoms with Crippen molar-refractivity contribution in [1.82, 2.24) is 0 Å². The average molecular weight is 431 g/mol. The van der Waals surface area contributed by atoms with Crippen LogP contribution in [0.2, 0.25) is 0 Å². The van der Waals surface area contributed by atoms with Crippen LogP contribution in [0.3, 0.4) is 0 Å². The van der Waals surface area contributed by atoms with Crippen LogP contribution in [-0.2, 0) is 13.0 Å². The number of hydrogen-bond donors (Lipinski definition) is 0. The molecule has 0 atom stereocenters. The molecule has 1 heterocycles. The highest BCUT2D eigenvalue weighted by Crippen LogP contribution is 2.14. The van der Waals surface area contributed by atoms with E-state index in [4.69, 9.17) is 0 Å². The molecular weight excluding hydrogens is 374 g/mol. The largest absolute Gasteiger partial charge is 0.205 e. The topological polar surface area (TPSA) is 3.88 Å². The number of pyridine rings is 1. The molecular formula is C30H56N+. The van der Waals surface area contributed by atoms with Gasteiger partial charge in [0.25, 0.3) is 0 Å². The first-order valence-electron chi connectivity index (χ1n) is 14.3. The minimum Gasteiger partial charge on any atom is -0.205 e. The van der Waals surface area contributed by atoms with E-state index in [1.54, 1.807) is 0 Å². The number of aryl methyl sites for hydroxylation is 2. The Hall–Kier alpha value is -0.850. The van der Waals surface area contributed by atoms with Crippen molar-refractivity contribution in [2.75, 3.05) is 0 Å². The summed E-state index contributed by atoms with van der Waals surface area (Å²) in [7, 11) is 0. The molecule has 1 rings (SSSR count). The maximum Gasteiger partial charge on any atom is 0.169 e. The van der Waals surface area contributed by atoms with Gasteiger partial charge in [-0.3, -0.25) is 0 Å². The van der Waals surface area contributed by atoms with Crippen LogP contribution in [0, 0.1) is 0 Å². The number of hydrogen-bond acceptors (Lipinski definition) is 0.